The Bertz CT molecular complexity index is 343. The molecule has 114 valence electrons. The standard InChI is InChI=1S/C19H33N/c1-4-5-6-7-8-9-10-11-14-18-15-12-13-16-19(18)17-20(2)3/h12-13,15-16H,4-11,14,17H2,1-3H3. The minimum atomic E-state index is 1.06. The van der Waals surface area contributed by atoms with E-state index in [1.165, 1.54) is 63.4 Å². The molecular weight excluding hydrogens is 242 g/mol. The van der Waals surface area contributed by atoms with Crippen molar-refractivity contribution in [3.05, 3.63) is 35.4 Å². The van der Waals surface area contributed by atoms with Crippen molar-refractivity contribution >= 4 is 0 Å². The quantitative estimate of drug-likeness (QED) is 0.487. The van der Waals surface area contributed by atoms with Gasteiger partial charge in [0.15, 0.2) is 0 Å². The van der Waals surface area contributed by atoms with E-state index in [4.69, 9.17) is 0 Å². The van der Waals surface area contributed by atoms with Crippen LogP contribution >= 0.6 is 0 Å². The molecule has 0 unspecified atom stereocenters. The molecule has 0 fully saturated rings. The van der Waals surface area contributed by atoms with Gasteiger partial charge in [-0.15, -0.1) is 0 Å². The van der Waals surface area contributed by atoms with Gasteiger partial charge in [0.05, 0.1) is 0 Å². The van der Waals surface area contributed by atoms with Crippen LogP contribution in [0.4, 0.5) is 0 Å². The minimum absolute atomic E-state index is 1.06. The van der Waals surface area contributed by atoms with E-state index < -0.39 is 0 Å². The Morgan fingerprint density at radius 1 is 0.750 bits per heavy atom. The van der Waals surface area contributed by atoms with E-state index in [2.05, 4.69) is 50.2 Å². The molecule has 1 heteroatoms. The van der Waals surface area contributed by atoms with E-state index in [0.717, 1.165) is 6.54 Å². The van der Waals surface area contributed by atoms with Gasteiger partial charge in [-0.3, -0.25) is 0 Å². The van der Waals surface area contributed by atoms with E-state index in [-0.39, 0.29) is 0 Å². The molecule has 0 aliphatic heterocycles. The molecule has 0 saturated heterocycles. The summed E-state index contributed by atoms with van der Waals surface area (Å²) in [6.07, 6.45) is 12.5. The van der Waals surface area contributed by atoms with Crippen LogP contribution in [0.15, 0.2) is 24.3 Å². The summed E-state index contributed by atoms with van der Waals surface area (Å²) in [5.41, 5.74) is 3.05. The lowest BCUT2D eigenvalue weighted by Crippen LogP contribution is -2.12. The lowest BCUT2D eigenvalue weighted by molar-refractivity contribution is 0.400. The first-order chi connectivity index (χ1) is 9.74. The molecular formula is C19H33N. The normalized spacial score (nSPS) is 11.2. The topological polar surface area (TPSA) is 3.24 Å². The van der Waals surface area contributed by atoms with Crippen LogP contribution in [0, 0.1) is 0 Å². The van der Waals surface area contributed by atoms with E-state index in [0.29, 0.717) is 0 Å². The molecule has 0 atom stereocenters. The van der Waals surface area contributed by atoms with Crippen molar-refractivity contribution in [2.75, 3.05) is 14.1 Å². The second-order valence-corrected chi connectivity index (χ2v) is 6.23. The monoisotopic (exact) mass is 275 g/mol. The van der Waals surface area contributed by atoms with Gasteiger partial charge in [-0.25, -0.2) is 0 Å². The summed E-state index contributed by atoms with van der Waals surface area (Å²) in [5.74, 6) is 0. The van der Waals surface area contributed by atoms with Gasteiger partial charge in [-0.1, -0.05) is 76.1 Å². The highest BCUT2D eigenvalue weighted by Gasteiger charge is 2.02. The molecule has 0 N–H and O–H groups in total. The second-order valence-electron chi connectivity index (χ2n) is 6.23. The molecule has 0 heterocycles. The van der Waals surface area contributed by atoms with Crippen LogP contribution < -0.4 is 0 Å². The summed E-state index contributed by atoms with van der Waals surface area (Å²) in [6.45, 7) is 3.35. The number of unbranched alkanes of at least 4 members (excludes halogenated alkanes) is 7. The molecule has 1 rings (SSSR count). The van der Waals surface area contributed by atoms with Crippen molar-refractivity contribution in [3.63, 3.8) is 0 Å². The molecule has 1 nitrogen and oxygen atoms in total. The highest BCUT2D eigenvalue weighted by molar-refractivity contribution is 5.27. The predicted octanol–water partition coefficient (Wildman–Crippen LogP) is 5.43. The summed E-state index contributed by atoms with van der Waals surface area (Å²) in [7, 11) is 4.29. The Labute approximate surface area is 126 Å². The zero-order chi connectivity index (χ0) is 14.6. The minimum Gasteiger partial charge on any atom is -0.305 e. The third-order valence-corrected chi connectivity index (χ3v) is 3.90. The molecule has 0 aliphatic rings. The van der Waals surface area contributed by atoms with Crippen LogP contribution in [-0.4, -0.2) is 19.0 Å². The van der Waals surface area contributed by atoms with Gasteiger partial charge in [0.2, 0.25) is 0 Å². The summed E-state index contributed by atoms with van der Waals surface area (Å²) in [5, 5.41) is 0. The van der Waals surface area contributed by atoms with E-state index in [1.807, 2.05) is 0 Å². The summed E-state index contributed by atoms with van der Waals surface area (Å²) in [6, 6.07) is 8.93. The average Bonchev–Trinajstić information content (AvgIpc) is 2.43. The van der Waals surface area contributed by atoms with Crippen molar-refractivity contribution < 1.29 is 0 Å². The molecule has 0 aliphatic carbocycles. The molecule has 0 bridgehead atoms. The number of rotatable bonds is 11. The Balaban J connectivity index is 2.18. The van der Waals surface area contributed by atoms with Crippen LogP contribution in [0.2, 0.25) is 0 Å². The first-order valence-corrected chi connectivity index (χ1v) is 8.45. The van der Waals surface area contributed by atoms with Gasteiger partial charge in [-0.05, 0) is 38.1 Å². The highest BCUT2D eigenvalue weighted by atomic mass is 15.0. The highest BCUT2D eigenvalue weighted by Crippen LogP contribution is 2.15. The molecule has 1 aromatic carbocycles. The van der Waals surface area contributed by atoms with Crippen molar-refractivity contribution in [2.45, 2.75) is 71.3 Å². The van der Waals surface area contributed by atoms with Crippen molar-refractivity contribution in [1.82, 2.24) is 4.90 Å². The lowest BCUT2D eigenvalue weighted by Gasteiger charge is -2.14. The van der Waals surface area contributed by atoms with Gasteiger partial charge in [-0.2, -0.15) is 0 Å². The van der Waals surface area contributed by atoms with Crippen molar-refractivity contribution in [2.24, 2.45) is 0 Å². The van der Waals surface area contributed by atoms with Crippen molar-refractivity contribution in [1.29, 1.82) is 0 Å². The molecule has 1 aromatic rings. The van der Waals surface area contributed by atoms with Crippen LogP contribution in [0.25, 0.3) is 0 Å². The maximum absolute atomic E-state index is 2.31. The zero-order valence-corrected chi connectivity index (χ0v) is 13.8. The summed E-state index contributed by atoms with van der Waals surface area (Å²) in [4.78, 5) is 2.26. The van der Waals surface area contributed by atoms with E-state index in [1.54, 1.807) is 5.56 Å². The Kier molecular flexibility index (Phi) is 9.40. The Morgan fingerprint density at radius 3 is 1.90 bits per heavy atom. The molecule has 0 aromatic heterocycles. The predicted molar refractivity (Wildman–Crippen MR) is 90.1 cm³/mol. The fourth-order valence-corrected chi connectivity index (χ4v) is 2.75. The van der Waals surface area contributed by atoms with Crippen LogP contribution in [0.3, 0.4) is 0 Å². The number of benzene rings is 1. The van der Waals surface area contributed by atoms with E-state index >= 15 is 0 Å². The average molecular weight is 275 g/mol. The first-order valence-electron chi connectivity index (χ1n) is 8.45. The maximum Gasteiger partial charge on any atom is 0.0230 e. The fourth-order valence-electron chi connectivity index (χ4n) is 2.75. The summed E-state index contributed by atoms with van der Waals surface area (Å²) < 4.78 is 0. The molecule has 0 saturated carbocycles. The van der Waals surface area contributed by atoms with E-state index in [9.17, 15) is 0 Å². The van der Waals surface area contributed by atoms with Gasteiger partial charge in [0.1, 0.15) is 0 Å². The Morgan fingerprint density at radius 2 is 1.30 bits per heavy atom. The molecule has 0 spiro atoms. The van der Waals surface area contributed by atoms with Gasteiger partial charge in [0, 0.05) is 6.54 Å². The van der Waals surface area contributed by atoms with Gasteiger partial charge >= 0.3 is 0 Å². The third kappa shape index (κ3) is 7.69. The van der Waals surface area contributed by atoms with Crippen LogP contribution in [0.1, 0.15) is 69.4 Å². The second kappa shape index (κ2) is 10.9. The zero-order valence-electron chi connectivity index (χ0n) is 13.8. The molecule has 0 amide bonds. The molecule has 20 heavy (non-hydrogen) atoms. The largest absolute Gasteiger partial charge is 0.305 e. The molecule has 0 radical (unpaired) electrons. The SMILES string of the molecule is CCCCCCCCCCc1ccccc1CN(C)C. The van der Waals surface area contributed by atoms with Crippen LogP contribution in [-0.2, 0) is 13.0 Å². The summed E-state index contributed by atoms with van der Waals surface area (Å²) >= 11 is 0. The number of nitrogens with zero attached hydrogens (tertiary/aromatic N) is 1. The number of hydrogen-bond acceptors (Lipinski definition) is 1. The smallest absolute Gasteiger partial charge is 0.0230 e. The Hall–Kier alpha value is -0.820. The first kappa shape index (κ1) is 17.2. The van der Waals surface area contributed by atoms with Crippen LogP contribution in [0.5, 0.6) is 0 Å². The third-order valence-electron chi connectivity index (χ3n) is 3.90. The van der Waals surface area contributed by atoms with Gasteiger partial charge < -0.3 is 4.90 Å². The fraction of sp³-hybridized carbons (Fsp3) is 0.684. The van der Waals surface area contributed by atoms with Gasteiger partial charge in [0.25, 0.3) is 0 Å². The number of aryl methyl sites for hydroxylation is 1. The number of hydrogen-bond donors (Lipinski definition) is 0. The van der Waals surface area contributed by atoms with Crippen molar-refractivity contribution in [3.8, 4) is 0 Å². The lowest BCUT2D eigenvalue weighted by atomic mass is 10.00. The maximum atomic E-state index is 2.31.